The van der Waals surface area contributed by atoms with Crippen LogP contribution in [0, 0.1) is 14.9 Å². The highest BCUT2D eigenvalue weighted by atomic mass is 35.5. The van der Waals surface area contributed by atoms with Crippen LogP contribution in [0.15, 0.2) is 53.6 Å². The highest BCUT2D eigenvalue weighted by Gasteiger charge is 2.20. The summed E-state index contributed by atoms with van der Waals surface area (Å²) >= 11 is 13.1. The second-order valence-corrected chi connectivity index (χ2v) is 10.6. The molecule has 3 aromatic carbocycles. The van der Waals surface area contributed by atoms with Crippen molar-refractivity contribution < 1.29 is 18.6 Å². The molecule has 10 nitrogen and oxygen atoms in total. The summed E-state index contributed by atoms with van der Waals surface area (Å²) in [7, 11) is -0.133. The van der Waals surface area contributed by atoms with Gasteiger partial charge in [0.1, 0.15) is 17.2 Å². The molecule has 13 heteroatoms. The van der Waals surface area contributed by atoms with Crippen molar-refractivity contribution in [1.29, 1.82) is 4.78 Å². The number of anilines is 2. The zero-order valence-corrected chi connectivity index (χ0v) is 21.5. The van der Waals surface area contributed by atoms with Gasteiger partial charge in [-0.1, -0.05) is 29.3 Å². The van der Waals surface area contributed by atoms with E-state index < -0.39 is 14.7 Å². The molecule has 0 saturated heterocycles. The van der Waals surface area contributed by atoms with E-state index in [-0.39, 0.29) is 22.2 Å². The Kier molecular flexibility index (Phi) is 6.90. The van der Waals surface area contributed by atoms with Crippen molar-refractivity contribution in [2.24, 2.45) is 0 Å². The van der Waals surface area contributed by atoms with Crippen LogP contribution in [0.2, 0.25) is 10.0 Å². The highest BCUT2D eigenvalue weighted by molar-refractivity contribution is 7.91. The van der Waals surface area contributed by atoms with Gasteiger partial charge >= 0.3 is 0 Å². The Labute approximate surface area is 216 Å². The Morgan fingerprint density at radius 1 is 1.06 bits per heavy atom. The van der Waals surface area contributed by atoms with Crippen LogP contribution >= 0.6 is 23.2 Å². The summed E-state index contributed by atoms with van der Waals surface area (Å²) in [6, 6.07) is 10.8. The van der Waals surface area contributed by atoms with Crippen molar-refractivity contribution in [2.45, 2.75) is 4.90 Å². The maximum Gasteiger partial charge on any atom is 0.293 e. The third-order valence-corrected chi connectivity index (χ3v) is 7.21. The number of methoxy groups -OCH3 is 2. The summed E-state index contributed by atoms with van der Waals surface area (Å²) in [5.41, 5.74) is 1.52. The number of benzene rings is 3. The third kappa shape index (κ3) is 4.85. The van der Waals surface area contributed by atoms with E-state index in [2.05, 4.69) is 15.3 Å². The normalized spacial score (nSPS) is 12.7. The van der Waals surface area contributed by atoms with Crippen LogP contribution in [0.5, 0.6) is 11.5 Å². The van der Waals surface area contributed by atoms with Gasteiger partial charge in [0.2, 0.25) is 5.95 Å². The zero-order valence-electron chi connectivity index (χ0n) is 19.2. The number of aromatic nitrogens is 2. The van der Waals surface area contributed by atoms with Gasteiger partial charge in [-0.25, -0.2) is 19.0 Å². The highest BCUT2D eigenvalue weighted by Crippen LogP contribution is 2.46. The number of nitro benzene ring substituents is 1. The van der Waals surface area contributed by atoms with E-state index in [0.717, 1.165) is 6.07 Å². The van der Waals surface area contributed by atoms with E-state index in [1.807, 2.05) is 0 Å². The SMILES string of the molecule is COc1cc(OC)c(Cl)c(-c2ccc3nc(Nc4ccc(S(C)(=N)=O)cc4[N+](=O)[O-])ncc3c2)c1Cl. The summed E-state index contributed by atoms with van der Waals surface area (Å²) in [5, 5.41) is 15.7. The second-order valence-electron chi connectivity index (χ2n) is 7.66. The number of rotatable bonds is 7. The summed E-state index contributed by atoms with van der Waals surface area (Å²) in [6.45, 7) is 0. The van der Waals surface area contributed by atoms with E-state index in [4.69, 9.17) is 37.5 Å². The first-order valence-corrected chi connectivity index (χ1v) is 12.9. The van der Waals surface area contributed by atoms with Gasteiger partial charge in [-0.2, -0.15) is 0 Å². The molecule has 0 amide bonds. The summed E-state index contributed by atoms with van der Waals surface area (Å²) in [6.07, 6.45) is 2.75. The fourth-order valence-corrected chi connectivity index (χ4v) is 4.90. The Hall–Kier alpha value is -3.67. The molecule has 0 aliphatic rings. The lowest BCUT2D eigenvalue weighted by atomic mass is 10.0. The average molecular weight is 548 g/mol. The van der Waals surface area contributed by atoms with Crippen LogP contribution in [0.3, 0.4) is 0 Å². The molecule has 1 aromatic heterocycles. The maximum absolute atomic E-state index is 12.0. The Bertz CT molecular complexity index is 1600. The Morgan fingerprint density at radius 2 is 1.72 bits per heavy atom. The summed E-state index contributed by atoms with van der Waals surface area (Å²) < 4.78 is 30.3. The first-order chi connectivity index (χ1) is 17.0. The molecular formula is C23H19Cl2N5O5S. The molecule has 0 fully saturated rings. The number of nitro groups is 1. The summed E-state index contributed by atoms with van der Waals surface area (Å²) in [4.78, 5) is 19.7. The lowest BCUT2D eigenvalue weighted by Gasteiger charge is -2.15. The van der Waals surface area contributed by atoms with E-state index in [9.17, 15) is 14.3 Å². The van der Waals surface area contributed by atoms with E-state index >= 15 is 0 Å². The molecule has 2 N–H and O–H groups in total. The van der Waals surface area contributed by atoms with Gasteiger partial charge in [0.05, 0.1) is 49.3 Å². The van der Waals surface area contributed by atoms with Crippen molar-refractivity contribution >= 4 is 61.2 Å². The molecular weight excluding hydrogens is 529 g/mol. The van der Waals surface area contributed by atoms with Gasteiger partial charge in [0, 0.05) is 35.5 Å². The Morgan fingerprint density at radius 3 is 2.31 bits per heavy atom. The number of ether oxygens (including phenoxy) is 2. The van der Waals surface area contributed by atoms with Gasteiger partial charge in [0.25, 0.3) is 5.69 Å². The van der Waals surface area contributed by atoms with Gasteiger partial charge in [-0.3, -0.25) is 10.1 Å². The summed E-state index contributed by atoms with van der Waals surface area (Å²) in [5.74, 6) is 0.926. The largest absolute Gasteiger partial charge is 0.495 e. The quantitative estimate of drug-likeness (QED) is 0.202. The molecule has 0 aliphatic heterocycles. The lowest BCUT2D eigenvalue weighted by molar-refractivity contribution is -0.384. The molecule has 1 atom stereocenters. The topological polar surface area (TPSA) is 140 Å². The number of nitrogens with zero attached hydrogens (tertiary/aromatic N) is 3. The lowest BCUT2D eigenvalue weighted by Crippen LogP contribution is -2.03. The van der Waals surface area contributed by atoms with Crippen molar-refractivity contribution in [1.82, 2.24) is 9.97 Å². The van der Waals surface area contributed by atoms with Gasteiger partial charge in [-0.15, -0.1) is 0 Å². The van der Waals surface area contributed by atoms with Gasteiger partial charge in [0.15, 0.2) is 0 Å². The molecule has 36 heavy (non-hydrogen) atoms. The fraction of sp³-hybridized carbons (Fsp3) is 0.130. The molecule has 1 unspecified atom stereocenters. The van der Waals surface area contributed by atoms with Crippen molar-refractivity contribution in [3.63, 3.8) is 0 Å². The van der Waals surface area contributed by atoms with Crippen molar-refractivity contribution in [3.05, 3.63) is 68.8 Å². The number of halogens is 2. The Balaban J connectivity index is 1.73. The van der Waals surface area contributed by atoms with Crippen LogP contribution in [-0.2, 0) is 9.73 Å². The third-order valence-electron chi connectivity index (χ3n) is 5.30. The standard InChI is InChI=1S/C23H19Cl2N5O5S/c1-34-18-10-19(35-2)22(25)20(21(18)24)12-4-6-15-13(8-12)11-27-23(28-15)29-16-7-5-14(36(3,26)33)9-17(16)30(31)32/h4-11,26H,1-3H3,(H,27,28,29). The van der Waals surface area contributed by atoms with Crippen molar-refractivity contribution in [2.75, 3.05) is 25.8 Å². The maximum atomic E-state index is 12.0. The van der Waals surface area contributed by atoms with Crippen LogP contribution in [0.25, 0.3) is 22.0 Å². The van der Waals surface area contributed by atoms with E-state index in [1.165, 1.54) is 32.6 Å². The van der Waals surface area contributed by atoms with Crippen LogP contribution < -0.4 is 14.8 Å². The van der Waals surface area contributed by atoms with Crippen LogP contribution in [-0.4, -0.2) is 39.6 Å². The molecule has 0 spiro atoms. The number of nitrogens with one attached hydrogen (secondary N) is 2. The molecule has 0 saturated carbocycles. The molecule has 4 aromatic rings. The minimum atomic E-state index is -3.12. The second kappa shape index (κ2) is 9.76. The van der Waals surface area contributed by atoms with Crippen molar-refractivity contribution in [3.8, 4) is 22.6 Å². The predicted octanol–water partition coefficient (Wildman–Crippen LogP) is 6.31. The molecule has 1 heterocycles. The number of fused-ring (bicyclic) bond motifs is 1. The molecule has 0 aliphatic carbocycles. The zero-order chi connectivity index (χ0) is 26.2. The smallest absolute Gasteiger partial charge is 0.293 e. The predicted molar refractivity (Wildman–Crippen MR) is 140 cm³/mol. The number of hydrogen-bond donors (Lipinski definition) is 2. The van der Waals surface area contributed by atoms with Gasteiger partial charge < -0.3 is 14.8 Å². The molecule has 4 rings (SSSR count). The van der Waals surface area contributed by atoms with Crippen LogP contribution in [0.1, 0.15) is 0 Å². The first kappa shape index (κ1) is 25.4. The van der Waals surface area contributed by atoms with E-state index in [0.29, 0.717) is 43.6 Å². The van der Waals surface area contributed by atoms with E-state index in [1.54, 1.807) is 30.5 Å². The van der Waals surface area contributed by atoms with Gasteiger partial charge in [-0.05, 0) is 29.8 Å². The number of hydrogen-bond acceptors (Lipinski definition) is 9. The van der Waals surface area contributed by atoms with Crippen LogP contribution in [0.4, 0.5) is 17.3 Å². The fourth-order valence-electron chi connectivity index (χ4n) is 3.52. The first-order valence-electron chi connectivity index (χ1n) is 10.2. The minimum Gasteiger partial charge on any atom is -0.495 e. The molecule has 0 bridgehead atoms. The monoisotopic (exact) mass is 547 g/mol. The molecule has 186 valence electrons. The minimum absolute atomic E-state index is 0.0539. The average Bonchev–Trinajstić information content (AvgIpc) is 2.83. The molecule has 0 radical (unpaired) electrons.